The van der Waals surface area contributed by atoms with Crippen LogP contribution in [0.3, 0.4) is 0 Å². The zero-order chi connectivity index (χ0) is 28.4. The maximum absolute atomic E-state index is 9.61. The normalized spacial score (nSPS) is 12.7. The van der Waals surface area contributed by atoms with Gasteiger partial charge in [-0.25, -0.2) is 10.9 Å². The van der Waals surface area contributed by atoms with Crippen LogP contribution in [-0.4, -0.2) is 32.7 Å². The summed E-state index contributed by atoms with van der Waals surface area (Å²) in [6.07, 6.45) is 0. The van der Waals surface area contributed by atoms with Gasteiger partial charge in [-0.15, -0.1) is 0 Å². The molecule has 0 spiro atoms. The summed E-state index contributed by atoms with van der Waals surface area (Å²) in [6.45, 7) is 7.43. The number of nitrogens with zero attached hydrogens (tertiary/aromatic N) is 5. The highest BCUT2D eigenvalue weighted by Crippen LogP contribution is 2.22. The van der Waals surface area contributed by atoms with E-state index in [2.05, 4.69) is 26.5 Å². The first kappa shape index (κ1) is 31.4. The van der Waals surface area contributed by atoms with Crippen LogP contribution in [0.1, 0.15) is 44.4 Å². The molecule has 0 unspecified atom stereocenters. The summed E-state index contributed by atoms with van der Waals surface area (Å²) < 4.78 is 0. The monoisotopic (exact) mass is 537 g/mol. The first-order valence-electron chi connectivity index (χ1n) is 11.3. The fraction of sp³-hybridized carbons (Fsp3) is 0.185. The third kappa shape index (κ3) is 11.4. The Morgan fingerprint density at radius 3 is 1.87 bits per heavy atom. The average Bonchev–Trinajstić information content (AvgIpc) is 3.23. The fourth-order valence-corrected chi connectivity index (χ4v) is 2.60. The Hall–Kier alpha value is -4.59. The van der Waals surface area contributed by atoms with Crippen LogP contribution >= 0.6 is 11.6 Å². The zero-order valence-electron chi connectivity index (χ0n) is 21.7. The van der Waals surface area contributed by atoms with E-state index >= 15 is 0 Å². The smallest absolute Gasteiger partial charge is 0.336 e. The second-order valence-electron chi connectivity index (χ2n) is 8.09. The van der Waals surface area contributed by atoms with Gasteiger partial charge in [-0.1, -0.05) is 101 Å². The van der Waals surface area contributed by atoms with Gasteiger partial charge in [-0.3, -0.25) is 0 Å². The van der Waals surface area contributed by atoms with Crippen molar-refractivity contribution in [1.29, 1.82) is 0 Å². The minimum absolute atomic E-state index is 0.112. The second-order valence-corrected chi connectivity index (χ2v) is 8.45. The van der Waals surface area contributed by atoms with Crippen molar-refractivity contribution in [3.05, 3.63) is 118 Å². The molecule has 0 aromatic heterocycles. The van der Waals surface area contributed by atoms with Crippen LogP contribution in [-0.2, 0) is 4.84 Å². The predicted molar refractivity (Wildman–Crippen MR) is 154 cm³/mol. The second kappa shape index (κ2) is 17.0. The maximum Gasteiger partial charge on any atom is 0.336 e. The van der Waals surface area contributed by atoms with Crippen molar-refractivity contribution in [3.8, 4) is 6.07 Å². The number of amidine groups is 1. The highest BCUT2D eigenvalue weighted by atomic mass is 35.5. The molecule has 3 aromatic carbocycles. The molecule has 11 heteroatoms. The van der Waals surface area contributed by atoms with Gasteiger partial charge < -0.3 is 21.1 Å². The Morgan fingerprint density at radius 1 is 1.00 bits per heavy atom. The average molecular weight is 538 g/mol. The summed E-state index contributed by atoms with van der Waals surface area (Å²) in [4.78, 5) is 5.21. The van der Waals surface area contributed by atoms with Gasteiger partial charge >= 0.3 is 6.07 Å². The van der Waals surface area contributed by atoms with Gasteiger partial charge in [0.15, 0.2) is 11.0 Å². The number of rotatable bonds is 2. The molecule has 38 heavy (non-hydrogen) atoms. The molecule has 0 saturated heterocycles. The topological polar surface area (TPSA) is 149 Å². The van der Waals surface area contributed by atoms with E-state index in [0.717, 1.165) is 11.3 Å². The first-order chi connectivity index (χ1) is 18.2. The van der Waals surface area contributed by atoms with E-state index in [1.165, 1.54) is 5.01 Å². The van der Waals surface area contributed by atoms with Crippen molar-refractivity contribution >= 4 is 28.3 Å². The number of halogens is 1. The molecule has 0 atom stereocenters. The molecule has 1 aliphatic rings. The summed E-state index contributed by atoms with van der Waals surface area (Å²) in [7, 11) is 0. The number of hydrazone groups is 1. The maximum atomic E-state index is 9.61. The summed E-state index contributed by atoms with van der Waals surface area (Å²) in [5, 5.41) is 32.1. The minimum Gasteiger partial charge on any atom is -0.498 e. The van der Waals surface area contributed by atoms with E-state index < -0.39 is 5.72 Å². The van der Waals surface area contributed by atoms with Crippen molar-refractivity contribution in [2.45, 2.75) is 33.4 Å². The van der Waals surface area contributed by atoms with Gasteiger partial charge in [0.1, 0.15) is 5.56 Å². The molecule has 4 rings (SSSR count). The number of hydrazine groups is 1. The lowest BCUT2D eigenvalue weighted by molar-refractivity contribution is -0.0691. The van der Waals surface area contributed by atoms with Crippen LogP contribution in [0.5, 0.6) is 0 Å². The third-order valence-corrected chi connectivity index (χ3v) is 4.80. The van der Waals surface area contributed by atoms with Crippen molar-refractivity contribution in [2.24, 2.45) is 27.1 Å². The van der Waals surface area contributed by atoms with Crippen molar-refractivity contribution in [2.75, 3.05) is 0 Å². The summed E-state index contributed by atoms with van der Waals surface area (Å²) >= 11 is 5.49. The molecule has 3 aromatic rings. The zero-order valence-corrected chi connectivity index (χ0v) is 22.4. The molecule has 0 aliphatic carbocycles. The Morgan fingerprint density at radius 2 is 1.47 bits per heavy atom. The molecule has 0 radical (unpaired) electrons. The van der Waals surface area contributed by atoms with E-state index in [-0.39, 0.29) is 5.17 Å². The molecule has 200 valence electrons. The molecule has 0 amide bonds. The molecular formula is C27H32ClN7O3. The Kier molecular flexibility index (Phi) is 14.0. The SMILES string of the molecule is CC(C)=NN.CC1(C)ON=C(c2ccccc2)N1N.O/N=C(\Cl)c1ccccc1.[O-][N+]#Cc1ccccc1. The van der Waals surface area contributed by atoms with E-state index in [1.807, 2.05) is 94.4 Å². The van der Waals surface area contributed by atoms with Crippen LogP contribution < -0.4 is 11.7 Å². The van der Waals surface area contributed by atoms with Gasteiger partial charge in [0, 0.05) is 21.8 Å². The summed E-state index contributed by atoms with van der Waals surface area (Å²) in [5.74, 6) is 11.3. The van der Waals surface area contributed by atoms with E-state index in [9.17, 15) is 5.21 Å². The van der Waals surface area contributed by atoms with Crippen LogP contribution in [0, 0.1) is 11.3 Å². The molecule has 10 nitrogen and oxygen atoms in total. The Bertz CT molecular complexity index is 1240. The molecular weight excluding hydrogens is 506 g/mol. The largest absolute Gasteiger partial charge is 0.498 e. The summed E-state index contributed by atoms with van der Waals surface area (Å²) in [5.41, 5.74) is 2.73. The highest BCUT2D eigenvalue weighted by molar-refractivity contribution is 6.69. The lowest BCUT2D eigenvalue weighted by Gasteiger charge is -2.25. The molecule has 5 N–H and O–H groups in total. The molecule has 0 saturated carbocycles. The number of nitrogens with two attached hydrogens (primary N) is 2. The van der Waals surface area contributed by atoms with Gasteiger partial charge in [0.05, 0.1) is 0 Å². The Labute approximate surface area is 227 Å². The first-order valence-corrected chi connectivity index (χ1v) is 11.7. The van der Waals surface area contributed by atoms with Crippen LogP contribution in [0.25, 0.3) is 5.01 Å². The van der Waals surface area contributed by atoms with E-state index in [1.54, 1.807) is 24.3 Å². The molecule has 0 bridgehead atoms. The molecule has 1 heterocycles. The Balaban J connectivity index is 0.000000269. The van der Waals surface area contributed by atoms with Crippen LogP contribution in [0.15, 0.2) is 106 Å². The van der Waals surface area contributed by atoms with Gasteiger partial charge in [0.2, 0.25) is 5.72 Å². The van der Waals surface area contributed by atoms with Gasteiger partial charge in [-0.05, 0) is 39.8 Å². The quantitative estimate of drug-likeness (QED) is 0.169. The minimum atomic E-state index is -0.564. The lowest BCUT2D eigenvalue weighted by atomic mass is 10.2. The number of hydrogen-bond donors (Lipinski definition) is 3. The van der Waals surface area contributed by atoms with Crippen molar-refractivity contribution in [1.82, 2.24) is 5.01 Å². The van der Waals surface area contributed by atoms with Crippen molar-refractivity contribution in [3.63, 3.8) is 0 Å². The van der Waals surface area contributed by atoms with E-state index in [0.29, 0.717) is 17.0 Å². The van der Waals surface area contributed by atoms with Gasteiger partial charge in [-0.2, -0.15) is 5.10 Å². The van der Waals surface area contributed by atoms with Gasteiger partial charge in [0.25, 0.3) is 0 Å². The standard InChI is InChI=1S/C10H13N3O.C7H6ClNO.C7H5NO.C3H8N2/c1-10(2)13(11)9(12-14-10)8-6-4-3-5-7-8;8-7(9-10)6-4-2-1-3-5-6;9-8-6-7-4-2-1-3-5-7;1-3(2)5-4/h3-7H,11H2,1-2H3;1-5,10H;1-5H;4H2,1-2H3/b;9-7-;;. The van der Waals surface area contributed by atoms with Crippen molar-refractivity contribution < 1.29 is 10.0 Å². The highest BCUT2D eigenvalue weighted by Gasteiger charge is 2.35. The molecule has 1 aliphatic heterocycles. The molecule has 0 fully saturated rings. The lowest BCUT2D eigenvalue weighted by Crippen LogP contribution is -2.48. The fourth-order valence-electron chi connectivity index (χ4n) is 2.48. The van der Waals surface area contributed by atoms with Crippen LogP contribution in [0.4, 0.5) is 0 Å². The number of hydrogen-bond acceptors (Lipinski definition) is 9. The van der Waals surface area contributed by atoms with Crippen LogP contribution in [0.2, 0.25) is 0 Å². The predicted octanol–water partition coefficient (Wildman–Crippen LogP) is 5.56. The summed E-state index contributed by atoms with van der Waals surface area (Å²) in [6, 6.07) is 30.1. The number of oxime groups is 2. The van der Waals surface area contributed by atoms with E-state index in [4.69, 9.17) is 33.3 Å². The third-order valence-electron chi connectivity index (χ3n) is 4.50. The number of benzene rings is 3.